The average Bonchev–Trinajstić information content (AvgIpc) is 3.50. The lowest BCUT2D eigenvalue weighted by Crippen LogP contribution is -2.23. The highest BCUT2D eigenvalue weighted by Gasteiger charge is 2.20. The maximum atomic E-state index is 12.8. The van der Waals surface area contributed by atoms with Crippen molar-refractivity contribution in [3.63, 3.8) is 0 Å². The van der Waals surface area contributed by atoms with Crippen molar-refractivity contribution in [1.82, 2.24) is 15.3 Å². The maximum Gasteiger partial charge on any atom is 0.258 e. The third-order valence-electron chi connectivity index (χ3n) is 4.59. The molecule has 8 heteroatoms. The fraction of sp³-hybridized carbons (Fsp3) is 0.0870. The first-order valence-corrected chi connectivity index (χ1v) is 9.57. The van der Waals surface area contributed by atoms with Crippen molar-refractivity contribution in [2.24, 2.45) is 0 Å². The topological polar surface area (TPSA) is 95.7 Å². The normalized spacial score (nSPS) is 11.9. The lowest BCUT2D eigenvalue weighted by Gasteiger charge is -2.12. The van der Waals surface area contributed by atoms with Crippen LogP contribution in [0.1, 0.15) is 16.1 Å². The van der Waals surface area contributed by atoms with Crippen LogP contribution in [0.25, 0.3) is 11.4 Å². The third-order valence-corrected chi connectivity index (χ3v) is 4.59. The summed E-state index contributed by atoms with van der Waals surface area (Å²) in [5.41, 5.74) is 1.00. The van der Waals surface area contributed by atoms with Crippen LogP contribution in [0.4, 0.5) is 0 Å². The largest absolute Gasteiger partial charge is 0.467 e. The molecule has 2 aromatic carbocycles. The molecule has 5 rings (SSSR count). The number of fused-ring (bicyclic) bond motifs is 1. The van der Waals surface area contributed by atoms with Crippen LogP contribution in [-0.4, -0.2) is 22.7 Å². The number of ether oxygens (including phenoxy) is 3. The lowest BCUT2D eigenvalue weighted by atomic mass is 10.2. The van der Waals surface area contributed by atoms with Crippen LogP contribution < -0.4 is 19.5 Å². The molecule has 0 fully saturated rings. The van der Waals surface area contributed by atoms with E-state index in [-0.39, 0.29) is 30.7 Å². The number of nitrogens with zero attached hydrogens (tertiary/aromatic N) is 2. The molecule has 0 atom stereocenters. The summed E-state index contributed by atoms with van der Waals surface area (Å²) in [5, 5.41) is 2.79. The van der Waals surface area contributed by atoms with Crippen LogP contribution in [0.3, 0.4) is 0 Å². The number of amides is 1. The van der Waals surface area contributed by atoms with Crippen molar-refractivity contribution in [2.45, 2.75) is 6.54 Å². The number of hydrogen-bond donors (Lipinski definition) is 1. The van der Waals surface area contributed by atoms with Gasteiger partial charge < -0.3 is 23.9 Å². The summed E-state index contributed by atoms with van der Waals surface area (Å²) < 4.78 is 22.0. The first-order chi connectivity index (χ1) is 15.3. The zero-order chi connectivity index (χ0) is 21.0. The van der Waals surface area contributed by atoms with Crippen LogP contribution in [-0.2, 0) is 6.54 Å². The minimum absolute atomic E-state index is 0.129. The smallest absolute Gasteiger partial charge is 0.258 e. The zero-order valence-corrected chi connectivity index (χ0v) is 16.3. The number of carbonyl (C=O) groups excluding carboxylic acids is 1. The summed E-state index contributed by atoms with van der Waals surface area (Å²) in [6.45, 7) is 0.390. The van der Waals surface area contributed by atoms with Gasteiger partial charge in [0.25, 0.3) is 5.91 Å². The monoisotopic (exact) mass is 415 g/mol. The third kappa shape index (κ3) is 4.04. The van der Waals surface area contributed by atoms with E-state index in [4.69, 9.17) is 18.6 Å². The van der Waals surface area contributed by atoms with Gasteiger partial charge in [0.15, 0.2) is 17.3 Å². The van der Waals surface area contributed by atoms with Gasteiger partial charge in [0.05, 0.1) is 12.8 Å². The van der Waals surface area contributed by atoms with Crippen molar-refractivity contribution in [3.8, 4) is 34.5 Å². The second-order valence-corrected chi connectivity index (χ2v) is 6.66. The predicted octanol–water partition coefficient (Wildman–Crippen LogP) is 4.19. The van der Waals surface area contributed by atoms with Gasteiger partial charge in [0.2, 0.25) is 12.7 Å². The van der Waals surface area contributed by atoms with Crippen molar-refractivity contribution in [3.05, 3.63) is 84.4 Å². The molecule has 1 aliphatic rings. The lowest BCUT2D eigenvalue weighted by molar-refractivity contribution is 0.0944. The highest BCUT2D eigenvalue weighted by atomic mass is 16.7. The molecule has 0 bridgehead atoms. The van der Waals surface area contributed by atoms with Gasteiger partial charge in [-0.05, 0) is 24.3 Å². The molecule has 0 saturated carbocycles. The van der Waals surface area contributed by atoms with E-state index in [1.54, 1.807) is 36.6 Å². The number of rotatable bonds is 6. The molecule has 0 spiro atoms. The van der Waals surface area contributed by atoms with Crippen molar-refractivity contribution >= 4 is 5.91 Å². The number of hydrogen-bond acceptors (Lipinski definition) is 7. The number of carbonyl (C=O) groups is 1. The molecule has 1 aliphatic heterocycles. The molecule has 4 aromatic rings. The zero-order valence-electron chi connectivity index (χ0n) is 16.3. The number of nitrogens with one attached hydrogen (secondary N) is 1. The molecule has 1 N–H and O–H groups in total. The maximum absolute atomic E-state index is 12.8. The van der Waals surface area contributed by atoms with Crippen LogP contribution in [0.2, 0.25) is 0 Å². The Bertz CT molecular complexity index is 1210. The molecule has 1 amide bonds. The van der Waals surface area contributed by atoms with E-state index in [0.29, 0.717) is 28.8 Å². The van der Waals surface area contributed by atoms with E-state index in [1.807, 2.05) is 30.3 Å². The number of furan rings is 1. The van der Waals surface area contributed by atoms with Crippen LogP contribution in [0.5, 0.6) is 23.1 Å². The fourth-order valence-electron chi connectivity index (χ4n) is 3.05. The van der Waals surface area contributed by atoms with Crippen LogP contribution in [0, 0.1) is 0 Å². The van der Waals surface area contributed by atoms with E-state index >= 15 is 0 Å². The summed E-state index contributed by atoms with van der Waals surface area (Å²) >= 11 is 0. The quantitative estimate of drug-likeness (QED) is 0.504. The summed E-state index contributed by atoms with van der Waals surface area (Å²) in [5.74, 6) is 2.49. The molecule has 8 nitrogen and oxygen atoms in total. The fourth-order valence-corrected chi connectivity index (χ4v) is 3.05. The Morgan fingerprint density at radius 1 is 1.03 bits per heavy atom. The summed E-state index contributed by atoms with van der Waals surface area (Å²) in [7, 11) is 0. The molecule has 0 saturated heterocycles. The van der Waals surface area contributed by atoms with Crippen LogP contribution >= 0.6 is 0 Å². The second kappa shape index (κ2) is 8.19. The van der Waals surface area contributed by atoms with Crippen molar-refractivity contribution < 1.29 is 23.4 Å². The summed E-state index contributed by atoms with van der Waals surface area (Å²) in [6, 6.07) is 18.2. The van der Waals surface area contributed by atoms with E-state index in [2.05, 4.69) is 15.3 Å². The first kappa shape index (κ1) is 18.7. The minimum Gasteiger partial charge on any atom is -0.467 e. The Balaban J connectivity index is 1.46. The first-order valence-electron chi connectivity index (χ1n) is 9.57. The Labute approximate surface area is 177 Å². The molecule has 2 aromatic heterocycles. The Hall–Kier alpha value is -4.33. The molecular weight excluding hydrogens is 398 g/mol. The van der Waals surface area contributed by atoms with Gasteiger partial charge in [0.1, 0.15) is 17.1 Å². The van der Waals surface area contributed by atoms with Gasteiger partial charge in [-0.1, -0.05) is 30.3 Å². The van der Waals surface area contributed by atoms with Gasteiger partial charge in [-0.15, -0.1) is 0 Å². The predicted molar refractivity (Wildman–Crippen MR) is 110 cm³/mol. The molecular formula is C23H17N3O5. The van der Waals surface area contributed by atoms with Crippen LogP contribution in [0.15, 0.2) is 77.5 Å². The Morgan fingerprint density at radius 3 is 2.74 bits per heavy atom. The number of aromatic nitrogens is 2. The van der Waals surface area contributed by atoms with Gasteiger partial charge in [-0.25, -0.2) is 4.98 Å². The molecule has 31 heavy (non-hydrogen) atoms. The van der Waals surface area contributed by atoms with Crippen molar-refractivity contribution in [2.75, 3.05) is 6.79 Å². The number of benzene rings is 2. The Kier molecular flexibility index (Phi) is 4.94. The minimum atomic E-state index is -0.383. The second-order valence-electron chi connectivity index (χ2n) is 6.66. The molecule has 0 radical (unpaired) electrons. The highest BCUT2D eigenvalue weighted by Crippen LogP contribution is 2.37. The molecule has 154 valence electrons. The molecule has 3 heterocycles. The SMILES string of the molecule is O=C(NCc1ccco1)c1cnc(-c2ccccc2)nc1Oc1ccc2c(c1)OCO2. The average molecular weight is 415 g/mol. The Morgan fingerprint density at radius 2 is 1.90 bits per heavy atom. The standard InChI is InChI=1S/C23H17N3O5/c27-22(25-12-17-7-4-10-28-17)18-13-24-21(15-5-2-1-3-6-15)26-23(18)31-16-8-9-19-20(11-16)30-14-29-19/h1-11,13H,12,14H2,(H,25,27). The van der Waals surface area contributed by atoms with Gasteiger partial charge >= 0.3 is 0 Å². The summed E-state index contributed by atoms with van der Waals surface area (Å²) in [6.07, 6.45) is 3.00. The van der Waals surface area contributed by atoms with E-state index < -0.39 is 0 Å². The van der Waals surface area contributed by atoms with E-state index in [9.17, 15) is 4.79 Å². The summed E-state index contributed by atoms with van der Waals surface area (Å²) in [4.78, 5) is 21.7. The van der Waals surface area contributed by atoms with E-state index in [0.717, 1.165) is 5.56 Å². The van der Waals surface area contributed by atoms with Gasteiger partial charge in [0, 0.05) is 17.8 Å². The highest BCUT2D eigenvalue weighted by molar-refractivity contribution is 5.96. The molecule has 0 aliphatic carbocycles. The van der Waals surface area contributed by atoms with Gasteiger partial charge in [-0.2, -0.15) is 4.98 Å². The molecule has 0 unspecified atom stereocenters. The van der Waals surface area contributed by atoms with Crippen molar-refractivity contribution in [1.29, 1.82) is 0 Å². The van der Waals surface area contributed by atoms with E-state index in [1.165, 1.54) is 6.20 Å². The van der Waals surface area contributed by atoms with Gasteiger partial charge in [-0.3, -0.25) is 4.79 Å².